The summed E-state index contributed by atoms with van der Waals surface area (Å²) in [5.74, 6) is 0.0848. The molecule has 0 aliphatic carbocycles. The smallest absolute Gasteiger partial charge is 0.220 e. The maximum absolute atomic E-state index is 12.0. The van der Waals surface area contributed by atoms with Gasteiger partial charge in [-0.15, -0.1) is 0 Å². The van der Waals surface area contributed by atoms with Gasteiger partial charge in [-0.1, -0.05) is 30.3 Å². The van der Waals surface area contributed by atoms with Gasteiger partial charge in [0.15, 0.2) is 0 Å². The monoisotopic (exact) mass is 276 g/mol. The van der Waals surface area contributed by atoms with Gasteiger partial charge in [-0.3, -0.25) is 4.79 Å². The number of hydrogen-bond donors (Lipinski definition) is 2. The Bertz CT molecular complexity index is 418. The van der Waals surface area contributed by atoms with E-state index in [1.54, 1.807) is 0 Å². The van der Waals surface area contributed by atoms with Crippen LogP contribution in [0.25, 0.3) is 0 Å². The van der Waals surface area contributed by atoms with Gasteiger partial charge in [-0.25, -0.2) is 0 Å². The molecule has 1 amide bonds. The molecule has 1 aromatic rings. The van der Waals surface area contributed by atoms with E-state index in [1.165, 1.54) is 5.56 Å². The average molecular weight is 276 g/mol. The summed E-state index contributed by atoms with van der Waals surface area (Å²) >= 11 is 0. The Morgan fingerprint density at radius 1 is 1.10 bits per heavy atom. The molecule has 0 fully saturated rings. The molecule has 0 aliphatic rings. The van der Waals surface area contributed by atoms with Crippen LogP contribution in [0.4, 0.5) is 0 Å². The number of aryl methyl sites for hydroxylation is 1. The lowest BCUT2D eigenvalue weighted by molar-refractivity contribution is -0.123. The van der Waals surface area contributed by atoms with Gasteiger partial charge < -0.3 is 11.1 Å². The van der Waals surface area contributed by atoms with Crippen molar-refractivity contribution in [3.63, 3.8) is 0 Å². The van der Waals surface area contributed by atoms with Crippen LogP contribution < -0.4 is 11.1 Å². The van der Waals surface area contributed by atoms with Crippen LogP contribution in [0, 0.1) is 0 Å². The fraction of sp³-hybridized carbons (Fsp3) is 0.588. The predicted octanol–water partition coefficient (Wildman–Crippen LogP) is 3.03. The van der Waals surface area contributed by atoms with Crippen LogP contribution >= 0.6 is 0 Å². The molecule has 0 atom stereocenters. The molecule has 0 saturated heterocycles. The highest BCUT2D eigenvalue weighted by atomic mass is 16.1. The van der Waals surface area contributed by atoms with Crippen LogP contribution in [0.2, 0.25) is 0 Å². The number of nitrogens with two attached hydrogens (primary N) is 1. The van der Waals surface area contributed by atoms with Gasteiger partial charge in [-0.05, 0) is 52.5 Å². The molecule has 1 rings (SSSR count). The van der Waals surface area contributed by atoms with E-state index < -0.39 is 0 Å². The largest absolute Gasteiger partial charge is 0.351 e. The Morgan fingerprint density at radius 2 is 1.70 bits per heavy atom. The van der Waals surface area contributed by atoms with E-state index in [0.29, 0.717) is 12.8 Å². The maximum atomic E-state index is 12.0. The van der Waals surface area contributed by atoms with Gasteiger partial charge in [0, 0.05) is 17.5 Å². The first-order valence-corrected chi connectivity index (χ1v) is 7.32. The number of hydrogen-bond acceptors (Lipinski definition) is 2. The van der Waals surface area contributed by atoms with Crippen molar-refractivity contribution in [3.05, 3.63) is 35.9 Å². The van der Waals surface area contributed by atoms with Crippen LogP contribution in [0.5, 0.6) is 0 Å². The van der Waals surface area contributed by atoms with Crippen LogP contribution in [-0.4, -0.2) is 17.0 Å². The van der Waals surface area contributed by atoms with E-state index in [-0.39, 0.29) is 17.0 Å². The van der Waals surface area contributed by atoms with Crippen molar-refractivity contribution in [2.45, 2.75) is 64.5 Å². The molecule has 0 unspecified atom stereocenters. The Balaban J connectivity index is 2.39. The molecule has 0 aromatic heterocycles. The van der Waals surface area contributed by atoms with E-state index in [4.69, 9.17) is 5.73 Å². The summed E-state index contributed by atoms with van der Waals surface area (Å²) in [5.41, 5.74) is 6.73. The molecule has 0 aliphatic heterocycles. The minimum absolute atomic E-state index is 0.0848. The number of benzene rings is 1. The zero-order chi connectivity index (χ0) is 15.2. The number of nitrogens with one attached hydrogen (secondary N) is 1. The molecule has 112 valence electrons. The molecular weight excluding hydrogens is 248 g/mol. The highest BCUT2D eigenvalue weighted by molar-refractivity contribution is 5.76. The second-order valence-electron chi connectivity index (χ2n) is 6.91. The maximum Gasteiger partial charge on any atom is 0.220 e. The third kappa shape index (κ3) is 7.29. The second-order valence-corrected chi connectivity index (χ2v) is 6.91. The van der Waals surface area contributed by atoms with E-state index >= 15 is 0 Å². The summed E-state index contributed by atoms with van der Waals surface area (Å²) in [7, 11) is 0. The van der Waals surface area contributed by atoms with Crippen molar-refractivity contribution < 1.29 is 4.79 Å². The summed E-state index contributed by atoms with van der Waals surface area (Å²) in [6.45, 7) is 8.03. The minimum Gasteiger partial charge on any atom is -0.351 e. The van der Waals surface area contributed by atoms with Crippen molar-refractivity contribution in [1.29, 1.82) is 0 Å². The summed E-state index contributed by atoms with van der Waals surface area (Å²) in [5, 5.41) is 3.10. The lowest BCUT2D eigenvalue weighted by Gasteiger charge is -2.27. The van der Waals surface area contributed by atoms with Crippen molar-refractivity contribution in [2.24, 2.45) is 5.73 Å². The van der Waals surface area contributed by atoms with Crippen LogP contribution in [0.1, 0.15) is 52.5 Å². The minimum atomic E-state index is -0.286. The quantitative estimate of drug-likeness (QED) is 0.804. The van der Waals surface area contributed by atoms with Crippen LogP contribution in [-0.2, 0) is 11.2 Å². The SMILES string of the molecule is CC(C)(N)CCC(=O)NC(C)(C)CCc1ccccc1. The molecule has 0 heterocycles. The lowest BCUT2D eigenvalue weighted by Crippen LogP contribution is -2.44. The normalized spacial score (nSPS) is 12.2. The molecule has 0 spiro atoms. The van der Waals surface area contributed by atoms with E-state index in [2.05, 4.69) is 31.3 Å². The first-order valence-electron chi connectivity index (χ1n) is 7.32. The van der Waals surface area contributed by atoms with Gasteiger partial charge in [0.2, 0.25) is 5.91 Å². The number of amides is 1. The first-order chi connectivity index (χ1) is 9.18. The molecule has 20 heavy (non-hydrogen) atoms. The third-order valence-electron chi connectivity index (χ3n) is 3.36. The summed E-state index contributed by atoms with van der Waals surface area (Å²) in [4.78, 5) is 12.0. The van der Waals surface area contributed by atoms with Crippen LogP contribution in [0.3, 0.4) is 0 Å². The lowest BCUT2D eigenvalue weighted by atomic mass is 9.94. The van der Waals surface area contributed by atoms with E-state index in [1.807, 2.05) is 32.0 Å². The van der Waals surface area contributed by atoms with Crippen molar-refractivity contribution in [3.8, 4) is 0 Å². The molecule has 0 saturated carbocycles. The van der Waals surface area contributed by atoms with Crippen molar-refractivity contribution in [2.75, 3.05) is 0 Å². The molecule has 3 heteroatoms. The van der Waals surface area contributed by atoms with Gasteiger partial charge in [0.25, 0.3) is 0 Å². The highest BCUT2D eigenvalue weighted by Gasteiger charge is 2.21. The van der Waals surface area contributed by atoms with E-state index in [0.717, 1.165) is 12.8 Å². The summed E-state index contributed by atoms with van der Waals surface area (Å²) < 4.78 is 0. The molecular formula is C17H28N2O. The molecule has 3 nitrogen and oxygen atoms in total. The zero-order valence-corrected chi connectivity index (χ0v) is 13.2. The van der Waals surface area contributed by atoms with Gasteiger partial charge in [0.05, 0.1) is 0 Å². The molecule has 0 bridgehead atoms. The Kier molecular flexibility index (Phi) is 5.75. The highest BCUT2D eigenvalue weighted by Crippen LogP contribution is 2.15. The van der Waals surface area contributed by atoms with Crippen molar-refractivity contribution >= 4 is 5.91 Å². The Morgan fingerprint density at radius 3 is 2.25 bits per heavy atom. The summed E-state index contributed by atoms with van der Waals surface area (Å²) in [6.07, 6.45) is 3.08. The van der Waals surface area contributed by atoms with Crippen molar-refractivity contribution in [1.82, 2.24) is 5.32 Å². The fourth-order valence-electron chi connectivity index (χ4n) is 2.04. The third-order valence-corrected chi connectivity index (χ3v) is 3.36. The molecule has 1 aromatic carbocycles. The Labute approximate surface area is 122 Å². The molecule has 0 radical (unpaired) electrons. The first kappa shape index (κ1) is 16.7. The fourth-order valence-corrected chi connectivity index (χ4v) is 2.04. The number of carbonyl (C=O) groups is 1. The van der Waals surface area contributed by atoms with E-state index in [9.17, 15) is 4.79 Å². The summed E-state index contributed by atoms with van der Waals surface area (Å²) in [6, 6.07) is 10.4. The topological polar surface area (TPSA) is 55.1 Å². The van der Waals surface area contributed by atoms with Gasteiger partial charge in [-0.2, -0.15) is 0 Å². The van der Waals surface area contributed by atoms with Gasteiger partial charge in [0.1, 0.15) is 0 Å². The van der Waals surface area contributed by atoms with Gasteiger partial charge >= 0.3 is 0 Å². The zero-order valence-electron chi connectivity index (χ0n) is 13.2. The Hall–Kier alpha value is -1.35. The molecule has 3 N–H and O–H groups in total. The predicted molar refractivity (Wildman–Crippen MR) is 84.5 cm³/mol. The number of rotatable bonds is 7. The standard InChI is InChI=1S/C17H28N2O/c1-16(2,18)12-11-15(20)19-17(3,4)13-10-14-8-6-5-7-9-14/h5-9H,10-13,18H2,1-4H3,(H,19,20). The number of carbonyl (C=O) groups excluding carboxylic acids is 1. The van der Waals surface area contributed by atoms with Crippen LogP contribution in [0.15, 0.2) is 30.3 Å². The average Bonchev–Trinajstić information content (AvgIpc) is 2.34. The second kappa shape index (κ2) is 6.89.